The van der Waals surface area contributed by atoms with Crippen molar-refractivity contribution in [2.45, 2.75) is 18.4 Å². The Bertz CT molecular complexity index is 1000. The van der Waals surface area contributed by atoms with Crippen LogP contribution in [0.3, 0.4) is 0 Å². The molecule has 0 bridgehead atoms. The molecule has 0 aliphatic rings. The van der Waals surface area contributed by atoms with Gasteiger partial charge in [0.1, 0.15) is 0 Å². The number of hydrogen-bond donors (Lipinski definition) is 1. The summed E-state index contributed by atoms with van der Waals surface area (Å²) in [5, 5.41) is 4.79. The number of halogens is 1. The zero-order valence-corrected chi connectivity index (χ0v) is 15.3. The predicted molar refractivity (Wildman–Crippen MR) is 96.7 cm³/mol. The minimum absolute atomic E-state index is 0.123. The quantitative estimate of drug-likeness (QED) is 0.742. The third kappa shape index (κ3) is 3.89. The molecular formula is C17H17ClN4O2S. The molecule has 0 saturated carbocycles. The molecule has 25 heavy (non-hydrogen) atoms. The smallest absolute Gasteiger partial charge is 0.241 e. The summed E-state index contributed by atoms with van der Waals surface area (Å²) in [5.74, 6) is 0. The van der Waals surface area contributed by atoms with Gasteiger partial charge in [0.15, 0.2) is 0 Å². The van der Waals surface area contributed by atoms with Crippen molar-refractivity contribution in [2.75, 3.05) is 0 Å². The van der Waals surface area contributed by atoms with Crippen LogP contribution in [0.5, 0.6) is 0 Å². The number of pyridine rings is 1. The molecule has 1 N–H and O–H groups in total. The monoisotopic (exact) mass is 376 g/mol. The Balaban J connectivity index is 1.82. The van der Waals surface area contributed by atoms with Crippen LogP contribution in [0.2, 0.25) is 5.02 Å². The highest BCUT2D eigenvalue weighted by Crippen LogP contribution is 2.21. The highest BCUT2D eigenvalue weighted by Gasteiger charge is 2.18. The van der Waals surface area contributed by atoms with Crippen LogP contribution in [-0.4, -0.2) is 23.2 Å². The molecule has 0 aliphatic heterocycles. The van der Waals surface area contributed by atoms with E-state index in [1.54, 1.807) is 43.2 Å². The first-order valence-electron chi connectivity index (χ1n) is 7.56. The average Bonchev–Trinajstić information content (AvgIpc) is 2.97. The van der Waals surface area contributed by atoms with Crippen molar-refractivity contribution in [1.29, 1.82) is 0 Å². The lowest BCUT2D eigenvalue weighted by molar-refractivity contribution is 0.576. The van der Waals surface area contributed by atoms with Crippen LogP contribution in [0.25, 0.3) is 11.3 Å². The second kappa shape index (κ2) is 6.95. The molecule has 3 aromatic rings. The number of aryl methyl sites for hydroxylation is 2. The number of nitrogens with one attached hydrogen (secondary N) is 1. The van der Waals surface area contributed by atoms with Crippen molar-refractivity contribution in [2.24, 2.45) is 7.05 Å². The summed E-state index contributed by atoms with van der Waals surface area (Å²) in [4.78, 5) is 4.25. The van der Waals surface area contributed by atoms with Crippen molar-refractivity contribution in [3.63, 3.8) is 0 Å². The molecule has 6 nitrogen and oxygen atoms in total. The van der Waals surface area contributed by atoms with Crippen molar-refractivity contribution in [3.8, 4) is 11.3 Å². The largest absolute Gasteiger partial charge is 0.271 e. The SMILES string of the molecule is Cc1ccc(Cl)cc1S(=O)(=O)NCc1cc(-c2cccnc2)nn1C. The highest BCUT2D eigenvalue weighted by atomic mass is 35.5. The van der Waals surface area contributed by atoms with Crippen LogP contribution in [-0.2, 0) is 23.6 Å². The average molecular weight is 377 g/mol. The van der Waals surface area contributed by atoms with Crippen molar-refractivity contribution in [1.82, 2.24) is 19.5 Å². The van der Waals surface area contributed by atoms with Gasteiger partial charge in [-0.1, -0.05) is 17.7 Å². The minimum Gasteiger partial charge on any atom is -0.271 e. The summed E-state index contributed by atoms with van der Waals surface area (Å²) in [6.07, 6.45) is 3.40. The van der Waals surface area contributed by atoms with Gasteiger partial charge in [0.05, 0.1) is 22.8 Å². The maximum Gasteiger partial charge on any atom is 0.241 e. The lowest BCUT2D eigenvalue weighted by Crippen LogP contribution is -2.25. The number of nitrogens with zero attached hydrogens (tertiary/aromatic N) is 3. The van der Waals surface area contributed by atoms with Gasteiger partial charge in [0.25, 0.3) is 0 Å². The van der Waals surface area contributed by atoms with E-state index >= 15 is 0 Å². The summed E-state index contributed by atoms with van der Waals surface area (Å²) in [7, 11) is -1.90. The molecule has 0 amide bonds. The summed E-state index contributed by atoms with van der Waals surface area (Å²) < 4.78 is 29.4. The third-order valence-corrected chi connectivity index (χ3v) is 5.60. The van der Waals surface area contributed by atoms with E-state index in [1.807, 2.05) is 18.2 Å². The molecule has 0 radical (unpaired) electrons. The molecule has 0 fully saturated rings. The maximum atomic E-state index is 12.6. The van der Waals surface area contributed by atoms with E-state index in [2.05, 4.69) is 14.8 Å². The Morgan fingerprint density at radius 2 is 2.04 bits per heavy atom. The molecule has 0 aliphatic carbocycles. The second-order valence-electron chi connectivity index (χ2n) is 5.62. The van der Waals surface area contributed by atoms with Crippen molar-refractivity contribution in [3.05, 3.63) is 65.1 Å². The molecule has 0 saturated heterocycles. The minimum atomic E-state index is -3.67. The fourth-order valence-electron chi connectivity index (χ4n) is 2.44. The van der Waals surface area contributed by atoms with Crippen LogP contribution in [0, 0.1) is 6.92 Å². The van der Waals surface area contributed by atoms with Crippen LogP contribution in [0.15, 0.2) is 53.7 Å². The zero-order chi connectivity index (χ0) is 18.0. The first-order valence-corrected chi connectivity index (χ1v) is 9.42. The summed E-state index contributed by atoms with van der Waals surface area (Å²) in [6, 6.07) is 10.4. The van der Waals surface area contributed by atoms with E-state index in [0.717, 1.165) is 17.0 Å². The van der Waals surface area contributed by atoms with Gasteiger partial charge in [-0.3, -0.25) is 9.67 Å². The predicted octanol–water partition coefficient (Wildman–Crippen LogP) is 2.92. The van der Waals surface area contributed by atoms with E-state index in [0.29, 0.717) is 10.6 Å². The van der Waals surface area contributed by atoms with Crippen LogP contribution in [0.4, 0.5) is 0 Å². The summed E-state index contributed by atoms with van der Waals surface area (Å²) in [6.45, 7) is 1.85. The lowest BCUT2D eigenvalue weighted by Gasteiger charge is -2.09. The molecule has 3 rings (SSSR count). The Hall–Kier alpha value is -2.22. The molecular weight excluding hydrogens is 360 g/mol. The molecule has 0 atom stereocenters. The van der Waals surface area contributed by atoms with Gasteiger partial charge in [-0.2, -0.15) is 5.10 Å². The number of aromatic nitrogens is 3. The number of hydrogen-bond acceptors (Lipinski definition) is 4. The van der Waals surface area contributed by atoms with Gasteiger partial charge >= 0.3 is 0 Å². The fourth-order valence-corrected chi connectivity index (χ4v) is 3.94. The van der Waals surface area contributed by atoms with E-state index in [-0.39, 0.29) is 11.4 Å². The van der Waals surface area contributed by atoms with Gasteiger partial charge in [-0.05, 0) is 42.8 Å². The molecule has 1 aromatic carbocycles. The summed E-state index contributed by atoms with van der Waals surface area (Å²) in [5.41, 5.74) is 2.99. The second-order valence-corrected chi connectivity index (χ2v) is 7.79. The molecule has 2 heterocycles. The number of rotatable bonds is 5. The van der Waals surface area contributed by atoms with Gasteiger partial charge < -0.3 is 0 Å². The standard InChI is InChI=1S/C17H17ClN4O2S/c1-12-5-6-14(18)8-17(12)25(23,24)20-11-15-9-16(21-22(15)2)13-4-3-7-19-10-13/h3-10,20H,11H2,1-2H3. The Morgan fingerprint density at radius 3 is 2.76 bits per heavy atom. The van der Waals surface area contributed by atoms with E-state index in [1.165, 1.54) is 6.07 Å². The van der Waals surface area contributed by atoms with E-state index in [4.69, 9.17) is 11.6 Å². The molecule has 8 heteroatoms. The van der Waals surface area contributed by atoms with Crippen LogP contribution >= 0.6 is 11.6 Å². The van der Waals surface area contributed by atoms with Crippen molar-refractivity contribution < 1.29 is 8.42 Å². The zero-order valence-electron chi connectivity index (χ0n) is 13.8. The maximum absolute atomic E-state index is 12.6. The van der Waals surface area contributed by atoms with E-state index < -0.39 is 10.0 Å². The first-order chi connectivity index (χ1) is 11.9. The van der Waals surface area contributed by atoms with Gasteiger partial charge in [0.2, 0.25) is 10.0 Å². The molecule has 2 aromatic heterocycles. The lowest BCUT2D eigenvalue weighted by atomic mass is 10.2. The normalized spacial score (nSPS) is 11.6. The van der Waals surface area contributed by atoms with Crippen LogP contribution in [0.1, 0.15) is 11.3 Å². The van der Waals surface area contributed by atoms with Gasteiger partial charge in [-0.25, -0.2) is 13.1 Å². The Morgan fingerprint density at radius 1 is 1.24 bits per heavy atom. The van der Waals surface area contributed by atoms with Gasteiger partial charge in [0, 0.05) is 30.0 Å². The first kappa shape index (κ1) is 17.6. The fraction of sp³-hybridized carbons (Fsp3) is 0.176. The Kier molecular flexibility index (Phi) is 4.89. The van der Waals surface area contributed by atoms with Crippen LogP contribution < -0.4 is 4.72 Å². The number of sulfonamides is 1. The number of benzene rings is 1. The van der Waals surface area contributed by atoms with E-state index in [9.17, 15) is 8.42 Å². The molecule has 0 spiro atoms. The highest BCUT2D eigenvalue weighted by molar-refractivity contribution is 7.89. The third-order valence-electron chi connectivity index (χ3n) is 3.82. The topological polar surface area (TPSA) is 76.9 Å². The Labute approximate surface area is 151 Å². The summed E-state index contributed by atoms with van der Waals surface area (Å²) >= 11 is 5.92. The van der Waals surface area contributed by atoms with Gasteiger partial charge in [-0.15, -0.1) is 0 Å². The molecule has 130 valence electrons. The van der Waals surface area contributed by atoms with Crippen molar-refractivity contribution >= 4 is 21.6 Å². The molecule has 0 unspecified atom stereocenters.